The van der Waals surface area contributed by atoms with Gasteiger partial charge in [0.25, 0.3) is 0 Å². The van der Waals surface area contributed by atoms with Gasteiger partial charge in [0.2, 0.25) is 0 Å². The van der Waals surface area contributed by atoms with Crippen LogP contribution in [0.2, 0.25) is 0 Å². The van der Waals surface area contributed by atoms with Crippen molar-refractivity contribution in [2.24, 2.45) is 17.3 Å². The predicted molar refractivity (Wildman–Crippen MR) is 72.1 cm³/mol. The number of rotatable bonds is 2. The Morgan fingerprint density at radius 3 is 2.71 bits per heavy atom. The van der Waals surface area contributed by atoms with Gasteiger partial charge in [0.1, 0.15) is 0 Å². The van der Waals surface area contributed by atoms with Gasteiger partial charge in [-0.1, -0.05) is 6.92 Å². The highest BCUT2D eigenvalue weighted by atomic mass is 15.2. The van der Waals surface area contributed by atoms with E-state index in [0.717, 1.165) is 23.3 Å². The molecule has 0 bridgehead atoms. The highest BCUT2D eigenvalue weighted by Gasteiger charge is 2.54. The Balaban J connectivity index is 1.51. The fourth-order valence-corrected chi connectivity index (χ4v) is 4.24. The number of piperidine rings is 2. The zero-order valence-electron chi connectivity index (χ0n) is 11.5. The van der Waals surface area contributed by atoms with Crippen LogP contribution in [-0.4, -0.2) is 37.1 Å². The molecule has 2 heteroatoms. The van der Waals surface area contributed by atoms with Crippen LogP contribution in [0.4, 0.5) is 0 Å². The third-order valence-electron chi connectivity index (χ3n) is 5.69. The Labute approximate surface area is 106 Å². The zero-order valence-corrected chi connectivity index (χ0v) is 11.5. The number of likely N-dealkylation sites (tertiary alicyclic amines) is 1. The van der Waals surface area contributed by atoms with Gasteiger partial charge in [-0.3, -0.25) is 0 Å². The second-order valence-corrected chi connectivity index (χ2v) is 6.99. The molecule has 2 heterocycles. The maximum absolute atomic E-state index is 3.51. The van der Waals surface area contributed by atoms with E-state index in [1.807, 2.05) is 0 Å². The number of nitrogens with one attached hydrogen (secondary N) is 1. The summed E-state index contributed by atoms with van der Waals surface area (Å²) in [5.74, 6) is 1.98. The molecule has 1 aliphatic carbocycles. The minimum absolute atomic E-state index is 0.772. The summed E-state index contributed by atoms with van der Waals surface area (Å²) in [6.45, 7) is 10.1. The second-order valence-electron chi connectivity index (χ2n) is 6.99. The first-order chi connectivity index (χ1) is 8.20. The Morgan fingerprint density at radius 1 is 1.24 bits per heavy atom. The van der Waals surface area contributed by atoms with E-state index in [-0.39, 0.29) is 0 Å². The average Bonchev–Trinajstić information content (AvgIpc) is 2.96. The van der Waals surface area contributed by atoms with Crippen molar-refractivity contribution in [3.05, 3.63) is 0 Å². The van der Waals surface area contributed by atoms with Crippen molar-refractivity contribution in [3.8, 4) is 0 Å². The highest BCUT2D eigenvalue weighted by molar-refractivity contribution is 5.05. The van der Waals surface area contributed by atoms with Gasteiger partial charge < -0.3 is 10.2 Å². The first-order valence-corrected chi connectivity index (χ1v) is 7.64. The molecule has 0 aromatic carbocycles. The van der Waals surface area contributed by atoms with E-state index in [1.165, 1.54) is 58.3 Å². The maximum Gasteiger partial charge on any atom is 0.00695 e. The molecule has 0 amide bonds. The maximum atomic E-state index is 3.51. The van der Waals surface area contributed by atoms with Crippen molar-refractivity contribution in [2.45, 2.75) is 52.0 Å². The fraction of sp³-hybridized carbons (Fsp3) is 1.00. The lowest BCUT2D eigenvalue weighted by Gasteiger charge is -2.37. The van der Waals surface area contributed by atoms with Gasteiger partial charge in [0.15, 0.2) is 0 Å². The normalized spacial score (nSPS) is 41.6. The lowest BCUT2D eigenvalue weighted by molar-refractivity contribution is 0.115. The van der Waals surface area contributed by atoms with Gasteiger partial charge in [0.05, 0.1) is 0 Å². The van der Waals surface area contributed by atoms with Crippen molar-refractivity contribution >= 4 is 0 Å². The molecule has 2 nitrogen and oxygen atoms in total. The molecule has 2 saturated heterocycles. The van der Waals surface area contributed by atoms with Crippen LogP contribution in [0.3, 0.4) is 0 Å². The molecule has 2 aliphatic heterocycles. The van der Waals surface area contributed by atoms with Gasteiger partial charge in [0, 0.05) is 12.6 Å². The minimum atomic E-state index is 0.772. The van der Waals surface area contributed by atoms with E-state index < -0.39 is 0 Å². The largest absolute Gasteiger partial charge is 0.317 e. The Morgan fingerprint density at radius 2 is 2.00 bits per heavy atom. The molecule has 1 saturated carbocycles. The smallest absolute Gasteiger partial charge is 0.00695 e. The molecule has 3 rings (SSSR count). The van der Waals surface area contributed by atoms with Crippen molar-refractivity contribution in [1.82, 2.24) is 10.2 Å². The summed E-state index contributed by atoms with van der Waals surface area (Å²) in [5, 5.41) is 3.51. The van der Waals surface area contributed by atoms with E-state index in [1.54, 1.807) is 0 Å². The minimum Gasteiger partial charge on any atom is -0.317 e. The van der Waals surface area contributed by atoms with Crippen LogP contribution in [-0.2, 0) is 0 Å². The zero-order chi connectivity index (χ0) is 11.9. The van der Waals surface area contributed by atoms with Gasteiger partial charge >= 0.3 is 0 Å². The summed E-state index contributed by atoms with van der Waals surface area (Å²) in [5.41, 5.74) is 0.772. The van der Waals surface area contributed by atoms with Crippen LogP contribution in [0.1, 0.15) is 46.0 Å². The van der Waals surface area contributed by atoms with Crippen LogP contribution >= 0.6 is 0 Å². The highest BCUT2D eigenvalue weighted by Crippen LogP contribution is 2.58. The van der Waals surface area contributed by atoms with Crippen LogP contribution in [0.15, 0.2) is 0 Å². The number of nitrogens with zero attached hydrogens (tertiary/aromatic N) is 1. The molecule has 1 spiro atoms. The van der Waals surface area contributed by atoms with Gasteiger partial charge in [-0.05, 0) is 75.9 Å². The molecule has 0 aromatic heterocycles. The average molecular weight is 236 g/mol. The first kappa shape index (κ1) is 12.0. The van der Waals surface area contributed by atoms with Crippen molar-refractivity contribution in [2.75, 3.05) is 26.2 Å². The molecule has 98 valence electrons. The van der Waals surface area contributed by atoms with Gasteiger partial charge in [-0.25, -0.2) is 0 Å². The molecule has 3 unspecified atom stereocenters. The standard InChI is InChI=1S/C15H28N2/c1-12-3-8-17(13(2)9-12)11-14-10-15(14)4-6-16-7-5-15/h12-14,16H,3-11H2,1-2H3. The number of hydrogen-bond donors (Lipinski definition) is 1. The lowest BCUT2D eigenvalue weighted by atomic mass is 9.90. The topological polar surface area (TPSA) is 15.3 Å². The molecule has 0 aromatic rings. The van der Waals surface area contributed by atoms with Gasteiger partial charge in [-0.15, -0.1) is 0 Å². The Bertz CT molecular complexity index is 270. The monoisotopic (exact) mass is 236 g/mol. The van der Waals surface area contributed by atoms with Crippen molar-refractivity contribution < 1.29 is 0 Å². The van der Waals surface area contributed by atoms with E-state index in [9.17, 15) is 0 Å². The SMILES string of the molecule is CC1CCN(CC2CC23CCNCC3)C(C)C1. The van der Waals surface area contributed by atoms with Crippen molar-refractivity contribution in [1.29, 1.82) is 0 Å². The summed E-state index contributed by atoms with van der Waals surface area (Å²) in [7, 11) is 0. The van der Waals surface area contributed by atoms with Crippen LogP contribution in [0.5, 0.6) is 0 Å². The van der Waals surface area contributed by atoms with Crippen LogP contribution in [0.25, 0.3) is 0 Å². The Kier molecular flexibility index (Phi) is 3.20. The summed E-state index contributed by atoms with van der Waals surface area (Å²) < 4.78 is 0. The van der Waals surface area contributed by atoms with Crippen LogP contribution in [0, 0.1) is 17.3 Å². The quantitative estimate of drug-likeness (QED) is 0.792. The lowest BCUT2D eigenvalue weighted by Crippen LogP contribution is -2.42. The predicted octanol–water partition coefficient (Wildman–Crippen LogP) is 2.50. The third kappa shape index (κ3) is 2.39. The molecule has 3 aliphatic rings. The van der Waals surface area contributed by atoms with Crippen LogP contribution < -0.4 is 5.32 Å². The second kappa shape index (κ2) is 4.55. The summed E-state index contributed by atoms with van der Waals surface area (Å²) in [6, 6.07) is 0.832. The Hall–Kier alpha value is -0.0800. The van der Waals surface area contributed by atoms with E-state index in [2.05, 4.69) is 24.1 Å². The molecule has 17 heavy (non-hydrogen) atoms. The summed E-state index contributed by atoms with van der Waals surface area (Å²) >= 11 is 0. The molecular weight excluding hydrogens is 208 g/mol. The summed E-state index contributed by atoms with van der Waals surface area (Å²) in [4.78, 5) is 2.78. The third-order valence-corrected chi connectivity index (χ3v) is 5.69. The summed E-state index contributed by atoms with van der Waals surface area (Å²) in [6.07, 6.45) is 7.24. The van der Waals surface area contributed by atoms with Gasteiger partial charge in [-0.2, -0.15) is 0 Å². The van der Waals surface area contributed by atoms with Crippen molar-refractivity contribution in [3.63, 3.8) is 0 Å². The number of hydrogen-bond acceptors (Lipinski definition) is 2. The molecule has 3 atom stereocenters. The van der Waals surface area contributed by atoms with E-state index >= 15 is 0 Å². The molecular formula is C15H28N2. The molecule has 1 N–H and O–H groups in total. The first-order valence-electron chi connectivity index (χ1n) is 7.64. The van der Waals surface area contributed by atoms with E-state index in [4.69, 9.17) is 0 Å². The molecule has 3 fully saturated rings. The van der Waals surface area contributed by atoms with E-state index in [0.29, 0.717) is 0 Å². The molecule has 0 radical (unpaired) electrons. The fourth-order valence-electron chi connectivity index (χ4n) is 4.24.